The van der Waals surface area contributed by atoms with E-state index in [0.29, 0.717) is 19.5 Å². The molecule has 10 nitrogen and oxygen atoms in total. The van der Waals surface area contributed by atoms with Gasteiger partial charge in [-0.25, -0.2) is 4.79 Å². The smallest absolute Gasteiger partial charge is 0.499 e. The third kappa shape index (κ3) is 6.99. The molecule has 0 aromatic heterocycles. The Morgan fingerprint density at radius 2 is 1.90 bits per heavy atom. The Labute approximate surface area is 180 Å². The van der Waals surface area contributed by atoms with Gasteiger partial charge in [0.1, 0.15) is 17.2 Å². The van der Waals surface area contributed by atoms with Crippen LogP contribution in [0.3, 0.4) is 0 Å². The molecule has 0 fully saturated rings. The Bertz CT molecular complexity index is 912. The monoisotopic (exact) mass is 433 g/mol. The lowest BCUT2D eigenvalue weighted by atomic mass is 10.0. The maximum atomic E-state index is 12.5. The first-order chi connectivity index (χ1) is 14.5. The van der Waals surface area contributed by atoms with Gasteiger partial charge in [0.15, 0.2) is 5.75 Å². The zero-order valence-corrected chi connectivity index (χ0v) is 18.3. The van der Waals surface area contributed by atoms with Crippen molar-refractivity contribution in [2.75, 3.05) is 13.1 Å². The van der Waals surface area contributed by atoms with Crippen LogP contribution in [0.2, 0.25) is 0 Å². The van der Waals surface area contributed by atoms with E-state index in [2.05, 4.69) is 0 Å². The molecule has 0 saturated heterocycles. The number of amides is 1. The fraction of sp³-hybridized carbons (Fsp3) is 0.476. The second-order valence-electron chi connectivity index (χ2n) is 7.25. The molecule has 168 valence electrons. The number of phenols is 1. The highest BCUT2D eigenvalue weighted by atomic mass is 16.7. The maximum absolute atomic E-state index is 12.5. The number of rotatable bonds is 9. The first kappa shape index (κ1) is 25.4. The predicted molar refractivity (Wildman–Crippen MR) is 112 cm³/mol. The molecule has 0 unspecified atom stereocenters. The summed E-state index contributed by atoms with van der Waals surface area (Å²) in [6, 6.07) is 3.86. The van der Waals surface area contributed by atoms with Gasteiger partial charge in [-0.05, 0) is 51.8 Å². The average molecular weight is 433 g/mol. The summed E-state index contributed by atoms with van der Waals surface area (Å²) in [4.78, 5) is 36.5. The predicted octanol–water partition coefficient (Wildman–Crippen LogP) is 4.17. The SMILES string of the molecule is CCCC(C)(C)OC(=O)Oc1cc(C=C(C#N)C(=O)N(CC)CC)cc([N+](=O)[O-])c1O. The van der Waals surface area contributed by atoms with Crippen LogP contribution in [0.25, 0.3) is 6.08 Å². The fourth-order valence-electron chi connectivity index (χ4n) is 2.89. The molecule has 0 saturated carbocycles. The molecule has 0 bridgehead atoms. The van der Waals surface area contributed by atoms with Gasteiger partial charge >= 0.3 is 11.8 Å². The summed E-state index contributed by atoms with van der Waals surface area (Å²) in [5.41, 5.74) is -1.83. The molecule has 1 aromatic rings. The van der Waals surface area contributed by atoms with Crippen molar-refractivity contribution < 1.29 is 29.1 Å². The Balaban J connectivity index is 3.38. The van der Waals surface area contributed by atoms with Crippen molar-refractivity contribution in [2.45, 2.75) is 53.1 Å². The van der Waals surface area contributed by atoms with E-state index >= 15 is 0 Å². The molecule has 1 aromatic carbocycles. The van der Waals surface area contributed by atoms with E-state index in [4.69, 9.17) is 9.47 Å². The van der Waals surface area contributed by atoms with Gasteiger partial charge < -0.3 is 19.5 Å². The number of benzene rings is 1. The number of nitro benzene ring substituents is 1. The number of hydrogen-bond acceptors (Lipinski definition) is 8. The molecule has 0 aliphatic heterocycles. The highest BCUT2D eigenvalue weighted by molar-refractivity contribution is 6.01. The van der Waals surface area contributed by atoms with Crippen LogP contribution >= 0.6 is 0 Å². The number of nitro groups is 1. The standard InChI is InChI=1S/C21H27N3O7/c1-6-9-21(4,5)31-20(27)30-17-12-14(11-16(18(17)25)24(28)29)10-15(13-22)19(26)23(7-2)8-3/h10-12,25H,6-9H2,1-5H3. The fourth-order valence-corrected chi connectivity index (χ4v) is 2.89. The van der Waals surface area contributed by atoms with Crippen LogP contribution in [0.5, 0.6) is 11.5 Å². The quantitative estimate of drug-likeness (QED) is 0.153. The largest absolute Gasteiger partial charge is 0.514 e. The third-order valence-corrected chi connectivity index (χ3v) is 4.39. The molecule has 1 rings (SSSR count). The molecule has 10 heteroatoms. The number of carbonyl (C=O) groups is 2. The molecule has 0 aliphatic carbocycles. The van der Waals surface area contributed by atoms with Gasteiger partial charge in [0.05, 0.1) is 4.92 Å². The molecule has 0 heterocycles. The molecular weight excluding hydrogens is 406 g/mol. The van der Waals surface area contributed by atoms with Crippen molar-refractivity contribution in [1.82, 2.24) is 4.90 Å². The molecule has 0 radical (unpaired) electrons. The summed E-state index contributed by atoms with van der Waals surface area (Å²) in [7, 11) is 0. The second-order valence-corrected chi connectivity index (χ2v) is 7.25. The number of likely N-dealkylation sites (N-methyl/N-ethyl adjacent to an activating group) is 1. The van der Waals surface area contributed by atoms with Crippen molar-refractivity contribution in [2.24, 2.45) is 0 Å². The molecule has 0 aliphatic rings. The number of ether oxygens (including phenoxy) is 2. The zero-order chi connectivity index (χ0) is 23.8. The lowest BCUT2D eigenvalue weighted by Gasteiger charge is -2.23. The second kappa shape index (κ2) is 11.0. The summed E-state index contributed by atoms with van der Waals surface area (Å²) in [6.45, 7) is 9.51. The van der Waals surface area contributed by atoms with Gasteiger partial charge in [-0.15, -0.1) is 0 Å². The van der Waals surface area contributed by atoms with Crippen molar-refractivity contribution in [3.63, 3.8) is 0 Å². The number of aromatic hydroxyl groups is 1. The minimum atomic E-state index is -1.15. The van der Waals surface area contributed by atoms with Crippen LogP contribution in [-0.2, 0) is 9.53 Å². The molecule has 0 spiro atoms. The summed E-state index contributed by atoms with van der Waals surface area (Å²) < 4.78 is 10.2. The van der Waals surface area contributed by atoms with Gasteiger partial charge in [0, 0.05) is 19.2 Å². The van der Waals surface area contributed by atoms with Crippen molar-refractivity contribution in [1.29, 1.82) is 5.26 Å². The number of carbonyl (C=O) groups excluding carboxylic acids is 2. The Morgan fingerprint density at radius 3 is 2.39 bits per heavy atom. The number of nitriles is 1. The third-order valence-electron chi connectivity index (χ3n) is 4.39. The minimum absolute atomic E-state index is 0.0252. The van der Waals surface area contributed by atoms with Gasteiger partial charge in [-0.2, -0.15) is 5.26 Å². The lowest BCUT2D eigenvalue weighted by molar-refractivity contribution is -0.385. The molecule has 31 heavy (non-hydrogen) atoms. The van der Waals surface area contributed by atoms with Crippen molar-refractivity contribution in [3.8, 4) is 17.6 Å². The van der Waals surface area contributed by atoms with Gasteiger partial charge in [-0.1, -0.05) is 13.3 Å². The number of nitrogens with zero attached hydrogens (tertiary/aromatic N) is 3. The first-order valence-corrected chi connectivity index (χ1v) is 9.82. The van der Waals surface area contributed by atoms with Crippen LogP contribution in [-0.4, -0.2) is 45.7 Å². The molecule has 1 N–H and O–H groups in total. The van der Waals surface area contributed by atoms with Gasteiger partial charge in [-0.3, -0.25) is 14.9 Å². The van der Waals surface area contributed by atoms with E-state index in [1.54, 1.807) is 33.8 Å². The van der Waals surface area contributed by atoms with Gasteiger partial charge in [0.25, 0.3) is 5.91 Å². The van der Waals surface area contributed by atoms with Crippen LogP contribution in [0.15, 0.2) is 17.7 Å². The van der Waals surface area contributed by atoms with E-state index < -0.39 is 39.8 Å². The Morgan fingerprint density at radius 1 is 1.29 bits per heavy atom. The van der Waals surface area contributed by atoms with Crippen LogP contribution < -0.4 is 4.74 Å². The Hall–Kier alpha value is -3.61. The highest BCUT2D eigenvalue weighted by Crippen LogP contribution is 2.38. The topological polar surface area (TPSA) is 143 Å². The van der Waals surface area contributed by atoms with Gasteiger partial charge in [0.2, 0.25) is 5.75 Å². The van der Waals surface area contributed by atoms with Crippen molar-refractivity contribution in [3.05, 3.63) is 33.4 Å². The van der Waals surface area contributed by atoms with E-state index in [-0.39, 0.29) is 11.1 Å². The number of phenolic OH excluding ortho intramolecular Hbond substituents is 1. The maximum Gasteiger partial charge on any atom is 0.514 e. The molecular formula is C21H27N3O7. The molecule has 1 amide bonds. The first-order valence-electron chi connectivity index (χ1n) is 9.82. The van der Waals surface area contributed by atoms with Crippen LogP contribution in [0, 0.1) is 21.4 Å². The van der Waals surface area contributed by atoms with Crippen LogP contribution in [0.1, 0.15) is 53.0 Å². The van der Waals surface area contributed by atoms with E-state index in [0.717, 1.165) is 24.6 Å². The van der Waals surface area contributed by atoms with Crippen LogP contribution in [0.4, 0.5) is 10.5 Å². The highest BCUT2D eigenvalue weighted by Gasteiger charge is 2.27. The summed E-state index contributed by atoms with van der Waals surface area (Å²) in [6.07, 6.45) is 1.28. The minimum Gasteiger partial charge on any atom is -0.499 e. The van der Waals surface area contributed by atoms with E-state index in [1.165, 1.54) is 4.90 Å². The van der Waals surface area contributed by atoms with Crippen molar-refractivity contribution >= 4 is 23.8 Å². The molecule has 0 atom stereocenters. The zero-order valence-electron chi connectivity index (χ0n) is 18.3. The normalized spacial score (nSPS) is 11.4. The average Bonchev–Trinajstić information content (AvgIpc) is 2.68. The Kier molecular flexibility index (Phi) is 8.99. The summed E-state index contributed by atoms with van der Waals surface area (Å²) >= 11 is 0. The van der Waals surface area contributed by atoms with E-state index in [1.807, 2.05) is 6.92 Å². The van der Waals surface area contributed by atoms with E-state index in [9.17, 15) is 30.1 Å². The summed E-state index contributed by atoms with van der Waals surface area (Å²) in [5, 5.41) is 30.9. The number of hydrogen-bond donors (Lipinski definition) is 1. The lowest BCUT2D eigenvalue weighted by Crippen LogP contribution is -2.31. The summed E-state index contributed by atoms with van der Waals surface area (Å²) in [5.74, 6) is -1.95.